The van der Waals surface area contributed by atoms with Crippen LogP contribution in [0.2, 0.25) is 5.02 Å². The van der Waals surface area contributed by atoms with Crippen LogP contribution in [-0.2, 0) is 11.2 Å². The highest BCUT2D eigenvalue weighted by molar-refractivity contribution is 6.30. The average molecular weight is 295 g/mol. The van der Waals surface area contributed by atoms with E-state index < -0.39 is 11.4 Å². The van der Waals surface area contributed by atoms with E-state index in [4.69, 9.17) is 11.6 Å². The first-order valence-corrected chi connectivity index (χ1v) is 7.78. The van der Waals surface area contributed by atoms with Crippen molar-refractivity contribution in [2.45, 2.75) is 46.0 Å². The van der Waals surface area contributed by atoms with Gasteiger partial charge in [0.1, 0.15) is 0 Å². The molecule has 1 fully saturated rings. The van der Waals surface area contributed by atoms with E-state index in [-0.39, 0.29) is 0 Å². The number of carbonyl (C=O) groups is 1. The average Bonchev–Trinajstić information content (AvgIpc) is 2.42. The summed E-state index contributed by atoms with van der Waals surface area (Å²) in [7, 11) is 0. The molecule has 1 saturated carbocycles. The molecule has 2 rings (SSSR count). The van der Waals surface area contributed by atoms with Crippen LogP contribution in [0.1, 0.15) is 45.1 Å². The molecular formula is C17H23ClO2. The van der Waals surface area contributed by atoms with E-state index in [0.29, 0.717) is 23.3 Å². The zero-order valence-corrected chi connectivity index (χ0v) is 13.0. The Morgan fingerprint density at radius 3 is 2.30 bits per heavy atom. The molecule has 3 heteroatoms. The van der Waals surface area contributed by atoms with E-state index >= 15 is 0 Å². The molecule has 0 spiro atoms. The van der Waals surface area contributed by atoms with E-state index in [1.807, 2.05) is 24.3 Å². The lowest BCUT2D eigenvalue weighted by molar-refractivity contribution is -0.151. The fourth-order valence-corrected chi connectivity index (χ4v) is 3.44. The minimum absolute atomic E-state index is 0.584. The maximum atomic E-state index is 11.8. The SMILES string of the molecule is CC(C)C1CCC(Cc2ccc(Cl)cc2)(C(=O)O)CC1. The lowest BCUT2D eigenvalue weighted by atomic mass is 9.65. The van der Waals surface area contributed by atoms with Crippen LogP contribution in [0.25, 0.3) is 0 Å². The predicted molar refractivity (Wildman–Crippen MR) is 82.0 cm³/mol. The van der Waals surface area contributed by atoms with Crippen LogP contribution < -0.4 is 0 Å². The summed E-state index contributed by atoms with van der Waals surface area (Å²) in [6.45, 7) is 4.47. The van der Waals surface area contributed by atoms with Crippen molar-refractivity contribution in [3.63, 3.8) is 0 Å². The van der Waals surface area contributed by atoms with Crippen molar-refractivity contribution in [1.82, 2.24) is 0 Å². The van der Waals surface area contributed by atoms with Gasteiger partial charge in [0.25, 0.3) is 0 Å². The van der Waals surface area contributed by atoms with E-state index in [1.165, 1.54) is 0 Å². The predicted octanol–water partition coefficient (Wildman–Crippen LogP) is 4.80. The summed E-state index contributed by atoms with van der Waals surface area (Å²) in [5.74, 6) is 0.680. The quantitative estimate of drug-likeness (QED) is 0.866. The van der Waals surface area contributed by atoms with Crippen LogP contribution in [0.4, 0.5) is 0 Å². The Kier molecular flexibility index (Phi) is 4.74. The molecule has 1 aromatic rings. The molecule has 2 nitrogen and oxygen atoms in total. The van der Waals surface area contributed by atoms with Crippen molar-refractivity contribution >= 4 is 17.6 Å². The minimum Gasteiger partial charge on any atom is -0.481 e. The van der Waals surface area contributed by atoms with Gasteiger partial charge in [-0.2, -0.15) is 0 Å². The Labute approximate surface area is 126 Å². The summed E-state index contributed by atoms with van der Waals surface area (Å²) < 4.78 is 0. The highest BCUT2D eigenvalue weighted by Gasteiger charge is 2.42. The lowest BCUT2D eigenvalue weighted by Crippen LogP contribution is -2.38. The number of rotatable bonds is 4. The van der Waals surface area contributed by atoms with Gasteiger partial charge >= 0.3 is 5.97 Å². The number of aliphatic carboxylic acids is 1. The van der Waals surface area contributed by atoms with Crippen LogP contribution in [0.5, 0.6) is 0 Å². The molecule has 110 valence electrons. The molecule has 1 aliphatic carbocycles. The van der Waals surface area contributed by atoms with Gasteiger partial charge in [0.2, 0.25) is 0 Å². The number of hydrogen-bond acceptors (Lipinski definition) is 1. The van der Waals surface area contributed by atoms with Gasteiger partial charge in [-0.1, -0.05) is 37.6 Å². The molecule has 0 aliphatic heterocycles. The van der Waals surface area contributed by atoms with Crippen molar-refractivity contribution in [3.8, 4) is 0 Å². The third kappa shape index (κ3) is 3.35. The van der Waals surface area contributed by atoms with Gasteiger partial charge in [-0.25, -0.2) is 0 Å². The van der Waals surface area contributed by atoms with Crippen LogP contribution in [0.15, 0.2) is 24.3 Å². The molecule has 1 aromatic carbocycles. The van der Waals surface area contributed by atoms with Gasteiger partial charge in [-0.3, -0.25) is 4.79 Å². The van der Waals surface area contributed by atoms with E-state index in [0.717, 1.165) is 31.2 Å². The molecular weight excluding hydrogens is 272 g/mol. The van der Waals surface area contributed by atoms with E-state index in [9.17, 15) is 9.90 Å². The first kappa shape index (κ1) is 15.4. The molecule has 0 heterocycles. The molecule has 0 saturated heterocycles. The second-order valence-electron chi connectivity index (χ2n) is 6.47. The highest BCUT2D eigenvalue weighted by atomic mass is 35.5. The standard InChI is InChI=1S/C17H23ClO2/c1-12(2)14-7-9-17(10-8-14,16(19)20)11-13-3-5-15(18)6-4-13/h3-6,12,14H,7-11H2,1-2H3,(H,19,20). The zero-order chi connectivity index (χ0) is 14.8. The third-order valence-corrected chi connectivity index (χ3v) is 5.09. The third-order valence-electron chi connectivity index (χ3n) is 4.84. The summed E-state index contributed by atoms with van der Waals surface area (Å²) in [6, 6.07) is 7.57. The summed E-state index contributed by atoms with van der Waals surface area (Å²) in [5.41, 5.74) is 0.485. The summed E-state index contributed by atoms with van der Waals surface area (Å²) in [5, 5.41) is 10.4. The summed E-state index contributed by atoms with van der Waals surface area (Å²) in [4.78, 5) is 11.8. The monoisotopic (exact) mass is 294 g/mol. The Bertz CT molecular complexity index is 456. The zero-order valence-electron chi connectivity index (χ0n) is 12.2. The van der Waals surface area contributed by atoms with Crippen molar-refractivity contribution < 1.29 is 9.90 Å². The Morgan fingerprint density at radius 1 is 1.30 bits per heavy atom. The van der Waals surface area contributed by atoms with Crippen LogP contribution in [0, 0.1) is 17.3 Å². The molecule has 0 atom stereocenters. The molecule has 0 aromatic heterocycles. The molecule has 0 unspecified atom stereocenters. The first-order valence-electron chi connectivity index (χ1n) is 7.41. The van der Waals surface area contributed by atoms with Crippen molar-refractivity contribution in [3.05, 3.63) is 34.9 Å². The largest absolute Gasteiger partial charge is 0.481 e. The lowest BCUT2D eigenvalue weighted by Gasteiger charge is -2.38. The second-order valence-corrected chi connectivity index (χ2v) is 6.91. The van der Waals surface area contributed by atoms with Gasteiger partial charge in [-0.15, -0.1) is 0 Å². The first-order chi connectivity index (χ1) is 9.43. The molecule has 0 bridgehead atoms. The Hall–Kier alpha value is -1.02. The summed E-state index contributed by atoms with van der Waals surface area (Å²) >= 11 is 5.89. The fraction of sp³-hybridized carbons (Fsp3) is 0.588. The number of carboxylic acid groups (broad SMARTS) is 1. The maximum Gasteiger partial charge on any atom is 0.309 e. The van der Waals surface area contributed by atoms with Crippen molar-refractivity contribution in [2.24, 2.45) is 17.3 Å². The Morgan fingerprint density at radius 2 is 1.85 bits per heavy atom. The molecule has 1 aliphatic rings. The minimum atomic E-state index is -0.644. The Balaban J connectivity index is 2.12. The molecule has 0 radical (unpaired) electrons. The van der Waals surface area contributed by atoms with Gasteiger partial charge in [0, 0.05) is 5.02 Å². The van der Waals surface area contributed by atoms with Gasteiger partial charge in [0.15, 0.2) is 0 Å². The molecule has 20 heavy (non-hydrogen) atoms. The van der Waals surface area contributed by atoms with Crippen molar-refractivity contribution in [2.75, 3.05) is 0 Å². The van der Waals surface area contributed by atoms with Crippen LogP contribution >= 0.6 is 11.6 Å². The van der Waals surface area contributed by atoms with Gasteiger partial charge in [0.05, 0.1) is 5.41 Å². The van der Waals surface area contributed by atoms with E-state index in [1.54, 1.807) is 0 Å². The number of hydrogen-bond donors (Lipinski definition) is 1. The summed E-state index contributed by atoms with van der Waals surface area (Å²) in [6.07, 6.45) is 4.24. The van der Waals surface area contributed by atoms with Crippen LogP contribution in [0.3, 0.4) is 0 Å². The van der Waals surface area contributed by atoms with E-state index in [2.05, 4.69) is 13.8 Å². The van der Waals surface area contributed by atoms with Gasteiger partial charge < -0.3 is 5.11 Å². The second kappa shape index (κ2) is 6.17. The smallest absolute Gasteiger partial charge is 0.309 e. The van der Waals surface area contributed by atoms with Crippen LogP contribution in [-0.4, -0.2) is 11.1 Å². The molecule has 1 N–H and O–H groups in total. The normalized spacial score (nSPS) is 26.7. The van der Waals surface area contributed by atoms with Gasteiger partial charge in [-0.05, 0) is 61.6 Å². The maximum absolute atomic E-state index is 11.8. The van der Waals surface area contributed by atoms with Crippen molar-refractivity contribution in [1.29, 1.82) is 0 Å². The molecule has 0 amide bonds. The topological polar surface area (TPSA) is 37.3 Å². The number of halogens is 1. The number of benzene rings is 1. The fourth-order valence-electron chi connectivity index (χ4n) is 3.32. The number of carboxylic acids is 1. The highest BCUT2D eigenvalue weighted by Crippen LogP contribution is 2.43.